The molecule has 6 nitrogen and oxygen atoms in total. The Morgan fingerprint density at radius 2 is 1.67 bits per heavy atom. The van der Waals surface area contributed by atoms with Gasteiger partial charge < -0.3 is 10.0 Å². The molecule has 2 heterocycles. The predicted octanol–water partition coefficient (Wildman–Crippen LogP) is 6.01. The first kappa shape index (κ1) is 25.6. The number of pyridine rings is 1. The van der Waals surface area contributed by atoms with E-state index in [1.165, 1.54) is 16.7 Å². The van der Waals surface area contributed by atoms with Gasteiger partial charge in [0, 0.05) is 37.7 Å². The van der Waals surface area contributed by atoms with Crippen molar-refractivity contribution in [2.75, 3.05) is 18.0 Å². The van der Waals surface area contributed by atoms with Crippen molar-refractivity contribution < 1.29 is 14.7 Å². The van der Waals surface area contributed by atoms with Crippen LogP contribution in [0.1, 0.15) is 75.1 Å². The van der Waals surface area contributed by atoms with Crippen molar-refractivity contribution in [2.24, 2.45) is 0 Å². The maximum absolute atomic E-state index is 13.6. The highest BCUT2D eigenvalue weighted by Crippen LogP contribution is 2.28. The minimum absolute atomic E-state index is 0.106. The second kappa shape index (κ2) is 12.0. The predicted molar refractivity (Wildman–Crippen MR) is 142 cm³/mol. The molecule has 0 saturated heterocycles. The van der Waals surface area contributed by atoms with Crippen molar-refractivity contribution in [3.8, 4) is 0 Å². The average Bonchev–Trinajstić information content (AvgIpc) is 2.87. The fourth-order valence-corrected chi connectivity index (χ4v) is 4.84. The number of rotatable bonds is 4. The van der Waals surface area contributed by atoms with Crippen molar-refractivity contribution in [1.82, 2.24) is 9.88 Å². The largest absolute Gasteiger partial charge is 0.478 e. The molecule has 0 radical (unpaired) electrons. The number of hydrogen-bond acceptors (Lipinski definition) is 4. The van der Waals surface area contributed by atoms with Crippen LogP contribution in [0.4, 0.5) is 5.69 Å². The fraction of sp³-hybridized carbons (Fsp3) is 0.367. The normalized spacial score (nSPS) is 15.4. The molecular weight excluding hydrogens is 450 g/mol. The van der Waals surface area contributed by atoms with Gasteiger partial charge in [0.15, 0.2) is 0 Å². The lowest BCUT2D eigenvalue weighted by Crippen LogP contribution is -2.34. The van der Waals surface area contributed by atoms with Crippen molar-refractivity contribution in [2.45, 2.75) is 59.0 Å². The van der Waals surface area contributed by atoms with Crippen LogP contribution in [0.5, 0.6) is 0 Å². The summed E-state index contributed by atoms with van der Waals surface area (Å²) < 4.78 is 0. The van der Waals surface area contributed by atoms with Gasteiger partial charge in [0.1, 0.15) is 0 Å². The van der Waals surface area contributed by atoms with E-state index in [4.69, 9.17) is 0 Å². The number of carbonyl (C=O) groups is 2. The molecule has 0 fully saturated rings. The first-order valence-corrected chi connectivity index (χ1v) is 12.8. The van der Waals surface area contributed by atoms with Gasteiger partial charge >= 0.3 is 5.97 Å². The van der Waals surface area contributed by atoms with Crippen LogP contribution in [-0.4, -0.2) is 40.0 Å². The number of aromatic carboxylic acids is 1. The molecule has 0 spiro atoms. The van der Waals surface area contributed by atoms with Crippen molar-refractivity contribution in [1.29, 1.82) is 0 Å². The summed E-state index contributed by atoms with van der Waals surface area (Å²) in [7, 11) is 0. The molecule has 1 N–H and O–H groups in total. The molecule has 4 rings (SSSR count). The molecule has 0 atom stereocenters. The minimum atomic E-state index is -0.963. The Morgan fingerprint density at radius 1 is 0.889 bits per heavy atom. The summed E-state index contributed by atoms with van der Waals surface area (Å²) in [5, 5.41) is 9.70. The van der Waals surface area contributed by atoms with E-state index < -0.39 is 5.97 Å². The van der Waals surface area contributed by atoms with Crippen LogP contribution in [0.3, 0.4) is 0 Å². The molecule has 0 unspecified atom stereocenters. The van der Waals surface area contributed by atoms with E-state index in [1.54, 1.807) is 42.7 Å². The number of nitrogens with zero attached hydrogens (tertiary/aromatic N) is 3. The Labute approximate surface area is 213 Å². The molecule has 1 aromatic heterocycles. The summed E-state index contributed by atoms with van der Waals surface area (Å²) in [4.78, 5) is 33.8. The van der Waals surface area contributed by atoms with Crippen molar-refractivity contribution in [3.05, 3.63) is 94.3 Å². The van der Waals surface area contributed by atoms with Crippen LogP contribution >= 0.6 is 0 Å². The zero-order valence-electron chi connectivity index (χ0n) is 21.2. The molecule has 0 bridgehead atoms. The second-order valence-corrected chi connectivity index (χ2v) is 9.74. The third-order valence-electron chi connectivity index (χ3n) is 7.00. The molecule has 1 amide bonds. The highest BCUT2D eigenvalue weighted by Gasteiger charge is 2.23. The number of hydrogen-bond donors (Lipinski definition) is 1. The van der Waals surface area contributed by atoms with Gasteiger partial charge in [-0.15, -0.1) is 0 Å². The van der Waals surface area contributed by atoms with Crippen LogP contribution in [0, 0.1) is 13.8 Å². The highest BCUT2D eigenvalue weighted by atomic mass is 16.4. The Hall–Kier alpha value is -3.51. The van der Waals surface area contributed by atoms with Gasteiger partial charge in [0.2, 0.25) is 0 Å². The van der Waals surface area contributed by atoms with Gasteiger partial charge in [0.05, 0.1) is 11.1 Å². The monoisotopic (exact) mass is 485 g/mol. The number of amides is 1. The first-order valence-electron chi connectivity index (χ1n) is 12.8. The van der Waals surface area contributed by atoms with E-state index in [-0.39, 0.29) is 11.5 Å². The quantitative estimate of drug-likeness (QED) is 0.490. The molecule has 1 aliphatic heterocycles. The number of carbonyl (C=O) groups excluding carboxylic acids is 1. The van der Waals surface area contributed by atoms with Gasteiger partial charge in [-0.25, -0.2) is 4.79 Å². The maximum atomic E-state index is 13.6. The summed E-state index contributed by atoms with van der Waals surface area (Å²) in [6, 6.07) is 15.2. The molecule has 6 heteroatoms. The summed E-state index contributed by atoms with van der Waals surface area (Å²) in [6.07, 6.45) is 8.58. The van der Waals surface area contributed by atoms with Crippen LogP contribution in [-0.2, 0) is 13.1 Å². The summed E-state index contributed by atoms with van der Waals surface area (Å²) >= 11 is 0. The first-order chi connectivity index (χ1) is 17.4. The molecule has 1 aliphatic rings. The minimum Gasteiger partial charge on any atom is -0.478 e. The van der Waals surface area contributed by atoms with Crippen molar-refractivity contribution in [3.63, 3.8) is 0 Å². The van der Waals surface area contributed by atoms with E-state index in [9.17, 15) is 14.7 Å². The smallest absolute Gasteiger partial charge is 0.335 e. The Kier molecular flexibility index (Phi) is 8.49. The standard InChI is InChI=1S/C30H35N3O3/c1-22-10-11-24(17-23(22)2)20-32-15-6-4-3-5-7-16-33(29(34)26-9-8-14-31-19-26)28-13-12-25(30(35)36)18-27(28)21-32/h8-14,17-19H,3-7,15-16,20-21H2,1-2H3,(H,35,36). The van der Waals surface area contributed by atoms with Gasteiger partial charge in [0.25, 0.3) is 5.91 Å². The number of fused-ring (bicyclic) bond motifs is 1. The Balaban J connectivity index is 1.73. The van der Waals surface area contributed by atoms with Crippen LogP contribution in [0.25, 0.3) is 0 Å². The molecule has 36 heavy (non-hydrogen) atoms. The lowest BCUT2D eigenvalue weighted by atomic mass is 10.0. The number of anilines is 1. The number of carboxylic acids is 1. The van der Waals surface area contributed by atoms with E-state index in [2.05, 4.69) is 41.9 Å². The van der Waals surface area contributed by atoms with Crippen LogP contribution in [0.15, 0.2) is 60.9 Å². The van der Waals surface area contributed by atoms with E-state index in [0.29, 0.717) is 18.7 Å². The molecule has 188 valence electrons. The van der Waals surface area contributed by atoms with Crippen molar-refractivity contribution >= 4 is 17.6 Å². The SMILES string of the molecule is Cc1ccc(CN2CCCCCCCN(C(=O)c3cccnc3)c3ccc(C(=O)O)cc3C2)cc1C. The third-order valence-corrected chi connectivity index (χ3v) is 7.00. The Morgan fingerprint density at radius 3 is 2.39 bits per heavy atom. The van der Waals surface area contributed by atoms with Crippen LogP contribution < -0.4 is 4.90 Å². The highest BCUT2D eigenvalue weighted by molar-refractivity contribution is 6.06. The lowest BCUT2D eigenvalue weighted by Gasteiger charge is -2.30. The molecular formula is C30H35N3O3. The molecule has 0 aliphatic carbocycles. The topological polar surface area (TPSA) is 73.7 Å². The second-order valence-electron chi connectivity index (χ2n) is 9.74. The zero-order chi connectivity index (χ0) is 25.5. The van der Waals surface area contributed by atoms with Gasteiger partial charge in [-0.05, 0) is 85.8 Å². The Bertz CT molecular complexity index is 1210. The van der Waals surface area contributed by atoms with Gasteiger partial charge in [-0.1, -0.05) is 37.5 Å². The molecule has 0 saturated carbocycles. The molecule has 3 aromatic rings. The third kappa shape index (κ3) is 6.38. The van der Waals surface area contributed by atoms with Gasteiger partial charge in [-0.3, -0.25) is 14.7 Å². The van der Waals surface area contributed by atoms with Gasteiger partial charge in [-0.2, -0.15) is 0 Å². The summed E-state index contributed by atoms with van der Waals surface area (Å²) in [5.41, 5.74) is 6.18. The maximum Gasteiger partial charge on any atom is 0.335 e. The summed E-state index contributed by atoms with van der Waals surface area (Å²) in [6.45, 7) is 7.09. The van der Waals surface area contributed by atoms with E-state index in [1.807, 2.05) is 4.90 Å². The fourth-order valence-electron chi connectivity index (χ4n) is 4.84. The lowest BCUT2D eigenvalue weighted by molar-refractivity contribution is 0.0696. The van der Waals surface area contributed by atoms with Crippen LogP contribution in [0.2, 0.25) is 0 Å². The number of aromatic nitrogens is 1. The zero-order valence-corrected chi connectivity index (χ0v) is 21.2. The number of carboxylic acid groups (broad SMARTS) is 1. The van der Waals surface area contributed by atoms with E-state index >= 15 is 0 Å². The van der Waals surface area contributed by atoms with E-state index in [0.717, 1.165) is 56.4 Å². The number of aryl methyl sites for hydroxylation is 2. The average molecular weight is 486 g/mol. The number of benzene rings is 2. The summed E-state index contributed by atoms with van der Waals surface area (Å²) in [5.74, 6) is -1.07. The molecule has 2 aromatic carbocycles.